The fourth-order valence-corrected chi connectivity index (χ4v) is 1.15. The molecule has 4 nitrogen and oxygen atoms in total. The number of nitrogens with one attached hydrogen (secondary N) is 1. The number of hydrogen-bond acceptors (Lipinski definition) is 3. The van der Waals surface area contributed by atoms with Gasteiger partial charge in [-0.2, -0.15) is 5.26 Å². The van der Waals surface area contributed by atoms with E-state index in [1.54, 1.807) is 6.07 Å². The van der Waals surface area contributed by atoms with E-state index in [4.69, 9.17) is 5.26 Å². The summed E-state index contributed by atoms with van der Waals surface area (Å²) in [6.45, 7) is 0. The van der Waals surface area contributed by atoms with Gasteiger partial charge in [-0.3, -0.25) is 4.79 Å². The van der Waals surface area contributed by atoms with Crippen LogP contribution in [0.1, 0.15) is 17.7 Å². The third-order valence-corrected chi connectivity index (χ3v) is 1.80. The van der Waals surface area contributed by atoms with E-state index >= 15 is 0 Å². The van der Waals surface area contributed by atoms with E-state index in [-0.39, 0.29) is 17.9 Å². The monoisotopic (exact) mass is 214 g/mol. The summed E-state index contributed by atoms with van der Waals surface area (Å²) >= 11 is 0. The first-order valence-electron chi connectivity index (χ1n) is 4.05. The predicted octanol–water partition coefficient (Wildman–Crippen LogP) is 1.39. The lowest BCUT2D eigenvalue weighted by Gasteiger charge is -2.07. The highest BCUT2D eigenvalue weighted by Gasteiger charge is 2.19. The third kappa shape index (κ3) is 2.31. The van der Waals surface area contributed by atoms with Gasteiger partial charge >= 0.3 is 0 Å². The number of halogens is 2. The van der Waals surface area contributed by atoms with Crippen molar-refractivity contribution in [1.82, 2.24) is 4.98 Å². The smallest absolute Gasteiger partial charge is 0.272 e. The Hall–Kier alpha value is -1.90. The number of hydrogen-bond donors (Lipinski definition) is 1. The molecule has 0 aliphatic rings. The van der Waals surface area contributed by atoms with Crippen LogP contribution in [0.3, 0.4) is 0 Å². The number of alkyl halides is 2. The number of nitrogens with zero attached hydrogens (tertiary/aromatic N) is 1. The van der Waals surface area contributed by atoms with Crippen molar-refractivity contribution in [3.63, 3.8) is 0 Å². The topological polar surface area (TPSA) is 65.9 Å². The van der Waals surface area contributed by atoms with Gasteiger partial charge < -0.3 is 9.72 Å². The number of methoxy groups -OCH3 is 1. The second-order valence-electron chi connectivity index (χ2n) is 2.74. The van der Waals surface area contributed by atoms with E-state index in [1.165, 1.54) is 13.2 Å². The van der Waals surface area contributed by atoms with Gasteiger partial charge in [-0.05, 0) is 0 Å². The van der Waals surface area contributed by atoms with Crippen molar-refractivity contribution in [2.45, 2.75) is 12.8 Å². The molecule has 15 heavy (non-hydrogen) atoms. The summed E-state index contributed by atoms with van der Waals surface area (Å²) in [5.74, 6) is -0.195. The number of aromatic nitrogens is 1. The van der Waals surface area contributed by atoms with Crippen molar-refractivity contribution in [2.24, 2.45) is 0 Å². The molecule has 0 aliphatic carbocycles. The summed E-state index contributed by atoms with van der Waals surface area (Å²) in [7, 11) is 1.19. The summed E-state index contributed by atoms with van der Waals surface area (Å²) < 4.78 is 29.5. The van der Waals surface area contributed by atoms with E-state index < -0.39 is 17.5 Å². The van der Waals surface area contributed by atoms with Crippen molar-refractivity contribution in [1.29, 1.82) is 5.26 Å². The highest BCUT2D eigenvalue weighted by molar-refractivity contribution is 5.34. The number of H-pyrrole nitrogens is 1. The van der Waals surface area contributed by atoms with Crippen LogP contribution in [-0.2, 0) is 6.42 Å². The van der Waals surface area contributed by atoms with E-state index in [2.05, 4.69) is 9.72 Å². The Morgan fingerprint density at radius 2 is 2.33 bits per heavy atom. The molecule has 80 valence electrons. The Morgan fingerprint density at radius 1 is 1.67 bits per heavy atom. The van der Waals surface area contributed by atoms with Gasteiger partial charge in [0.05, 0.1) is 19.6 Å². The molecule has 0 fully saturated rings. The molecule has 1 aromatic heterocycles. The van der Waals surface area contributed by atoms with Crippen LogP contribution < -0.4 is 10.3 Å². The van der Waals surface area contributed by atoms with Gasteiger partial charge in [0, 0.05) is 11.8 Å². The lowest BCUT2D eigenvalue weighted by atomic mass is 10.2. The zero-order valence-corrected chi connectivity index (χ0v) is 7.88. The fourth-order valence-electron chi connectivity index (χ4n) is 1.15. The van der Waals surface area contributed by atoms with Crippen LogP contribution in [0.4, 0.5) is 8.78 Å². The Labute approximate surface area is 84.1 Å². The molecule has 1 N–H and O–H groups in total. The molecule has 1 aromatic rings. The summed E-state index contributed by atoms with van der Waals surface area (Å²) in [5.41, 5.74) is -1.38. The largest absolute Gasteiger partial charge is 0.496 e. The molecule has 0 bridgehead atoms. The van der Waals surface area contributed by atoms with Crippen molar-refractivity contribution < 1.29 is 13.5 Å². The maximum absolute atomic E-state index is 12.4. The molecular formula is C9H8F2N2O2. The minimum atomic E-state index is -2.90. The van der Waals surface area contributed by atoms with E-state index in [1.807, 2.05) is 0 Å². The maximum Gasteiger partial charge on any atom is 0.272 e. The quantitative estimate of drug-likeness (QED) is 0.826. The van der Waals surface area contributed by atoms with Crippen molar-refractivity contribution >= 4 is 0 Å². The van der Waals surface area contributed by atoms with Crippen LogP contribution in [0.15, 0.2) is 10.9 Å². The molecule has 0 saturated carbocycles. The average Bonchev–Trinajstić information content (AvgIpc) is 2.16. The molecule has 1 heterocycles. The van der Waals surface area contributed by atoms with Crippen LogP contribution in [0, 0.1) is 11.3 Å². The highest BCUT2D eigenvalue weighted by Crippen LogP contribution is 2.25. The molecule has 0 atom stereocenters. The summed E-state index contributed by atoms with van der Waals surface area (Å²) in [6, 6.07) is 3.03. The van der Waals surface area contributed by atoms with Crippen LogP contribution in [0.5, 0.6) is 5.75 Å². The molecule has 0 saturated heterocycles. The number of nitriles is 1. The van der Waals surface area contributed by atoms with Crippen molar-refractivity contribution in [3.05, 3.63) is 27.7 Å². The second-order valence-corrected chi connectivity index (χ2v) is 2.74. The van der Waals surface area contributed by atoms with Crippen LogP contribution in [0.25, 0.3) is 0 Å². The number of ether oxygens (including phenoxy) is 1. The van der Waals surface area contributed by atoms with Crippen LogP contribution >= 0.6 is 0 Å². The molecule has 0 aliphatic heterocycles. The SMILES string of the molecule is COc1cc(CC#N)[nH]c(=O)c1C(F)F. The lowest BCUT2D eigenvalue weighted by molar-refractivity contribution is 0.145. The minimum Gasteiger partial charge on any atom is -0.496 e. The summed E-state index contributed by atoms with van der Waals surface area (Å²) in [5, 5.41) is 8.39. The lowest BCUT2D eigenvalue weighted by Crippen LogP contribution is -2.16. The molecule has 0 aromatic carbocycles. The zero-order valence-electron chi connectivity index (χ0n) is 7.88. The molecule has 0 amide bonds. The van der Waals surface area contributed by atoms with Crippen molar-refractivity contribution in [3.8, 4) is 11.8 Å². The standard InChI is InChI=1S/C9H8F2N2O2/c1-15-6-4-5(2-3-12)13-9(14)7(6)8(10)11/h4,8H,2H2,1H3,(H,13,14). The Balaban J connectivity index is 3.32. The van der Waals surface area contributed by atoms with E-state index in [9.17, 15) is 13.6 Å². The van der Waals surface area contributed by atoms with Gasteiger partial charge in [0.2, 0.25) is 0 Å². The van der Waals surface area contributed by atoms with Gasteiger partial charge in [0.1, 0.15) is 11.3 Å². The molecule has 1 rings (SSSR count). The van der Waals surface area contributed by atoms with Gasteiger partial charge in [-0.1, -0.05) is 0 Å². The fraction of sp³-hybridized carbons (Fsp3) is 0.333. The third-order valence-electron chi connectivity index (χ3n) is 1.80. The average molecular weight is 214 g/mol. The van der Waals surface area contributed by atoms with E-state index in [0.29, 0.717) is 0 Å². The number of rotatable bonds is 3. The summed E-state index contributed by atoms with van der Waals surface area (Å²) in [6.07, 6.45) is -2.96. The van der Waals surface area contributed by atoms with Crippen LogP contribution in [0.2, 0.25) is 0 Å². The number of aromatic amines is 1. The molecule has 0 spiro atoms. The zero-order chi connectivity index (χ0) is 11.4. The Morgan fingerprint density at radius 3 is 2.80 bits per heavy atom. The van der Waals surface area contributed by atoms with Gasteiger partial charge in [-0.15, -0.1) is 0 Å². The Kier molecular flexibility index (Phi) is 3.39. The van der Waals surface area contributed by atoms with Gasteiger partial charge in [0.25, 0.3) is 12.0 Å². The number of pyridine rings is 1. The van der Waals surface area contributed by atoms with Gasteiger partial charge in [-0.25, -0.2) is 8.78 Å². The highest BCUT2D eigenvalue weighted by atomic mass is 19.3. The Bertz CT molecular complexity index is 448. The molecule has 0 unspecified atom stereocenters. The first kappa shape index (κ1) is 11.2. The second kappa shape index (κ2) is 4.55. The molecule has 0 radical (unpaired) electrons. The first-order chi connectivity index (χ1) is 7.10. The normalized spacial score (nSPS) is 10.1. The predicted molar refractivity (Wildman–Crippen MR) is 47.9 cm³/mol. The van der Waals surface area contributed by atoms with Crippen LogP contribution in [-0.4, -0.2) is 12.1 Å². The van der Waals surface area contributed by atoms with Gasteiger partial charge in [0.15, 0.2) is 0 Å². The summed E-state index contributed by atoms with van der Waals surface area (Å²) in [4.78, 5) is 13.4. The van der Waals surface area contributed by atoms with E-state index in [0.717, 1.165) is 0 Å². The molecule has 6 heteroatoms. The molecular weight excluding hydrogens is 206 g/mol. The minimum absolute atomic E-state index is 0.0604. The maximum atomic E-state index is 12.4. The first-order valence-corrected chi connectivity index (χ1v) is 4.05. The van der Waals surface area contributed by atoms with Crippen molar-refractivity contribution in [2.75, 3.05) is 7.11 Å².